The first-order valence-corrected chi connectivity index (χ1v) is 7.39. The Morgan fingerprint density at radius 3 is 2.50 bits per heavy atom. The van der Waals surface area contributed by atoms with Crippen molar-refractivity contribution >= 4 is 41.5 Å². The van der Waals surface area contributed by atoms with Gasteiger partial charge in [-0.05, 0) is 44.1 Å². The number of nitrogens with one attached hydrogen (secondary N) is 2. The highest BCUT2D eigenvalue weighted by Crippen LogP contribution is 2.23. The van der Waals surface area contributed by atoms with Crippen molar-refractivity contribution in [3.63, 3.8) is 0 Å². The second kappa shape index (κ2) is 8.36. The molecular weight excluding hydrogens is 325 g/mol. The number of hydrogen-bond donors (Lipinski definition) is 2. The standard InChI is InChI=1S/C15H20ClN3O2.ClH/c1-19(2)15(21)12-9-11(3-4-13(12)16)18-14(20)10-5-7-17-8-6-10;/h3-4,9-10,17H,5-8H2,1-2H3,(H,18,20);1H. The maximum atomic E-state index is 12.2. The normalized spacial score (nSPS) is 14.9. The van der Waals surface area contributed by atoms with E-state index in [1.165, 1.54) is 4.90 Å². The lowest BCUT2D eigenvalue weighted by molar-refractivity contribution is -0.120. The lowest BCUT2D eigenvalue weighted by Crippen LogP contribution is -2.34. The molecule has 2 amide bonds. The van der Waals surface area contributed by atoms with E-state index in [0.29, 0.717) is 16.3 Å². The summed E-state index contributed by atoms with van der Waals surface area (Å²) < 4.78 is 0. The van der Waals surface area contributed by atoms with Gasteiger partial charge in [0.1, 0.15) is 0 Å². The van der Waals surface area contributed by atoms with Gasteiger partial charge in [0.25, 0.3) is 5.91 Å². The Balaban J connectivity index is 0.00000242. The van der Waals surface area contributed by atoms with E-state index in [4.69, 9.17) is 11.6 Å². The van der Waals surface area contributed by atoms with E-state index in [9.17, 15) is 9.59 Å². The van der Waals surface area contributed by atoms with Gasteiger partial charge in [0, 0.05) is 25.7 Å². The van der Waals surface area contributed by atoms with Crippen LogP contribution in [-0.4, -0.2) is 43.9 Å². The van der Waals surface area contributed by atoms with E-state index in [0.717, 1.165) is 25.9 Å². The zero-order valence-electron chi connectivity index (χ0n) is 12.7. The molecule has 0 unspecified atom stereocenters. The summed E-state index contributed by atoms with van der Waals surface area (Å²) in [6.45, 7) is 1.73. The molecule has 1 heterocycles. The van der Waals surface area contributed by atoms with Crippen molar-refractivity contribution in [2.24, 2.45) is 5.92 Å². The molecule has 0 bridgehead atoms. The van der Waals surface area contributed by atoms with Crippen LogP contribution in [0.5, 0.6) is 0 Å². The average Bonchev–Trinajstić information content (AvgIpc) is 2.49. The molecule has 1 aromatic carbocycles. The lowest BCUT2D eigenvalue weighted by atomic mass is 9.97. The van der Waals surface area contributed by atoms with Crippen molar-refractivity contribution in [3.05, 3.63) is 28.8 Å². The second-order valence-electron chi connectivity index (χ2n) is 5.41. The number of carbonyl (C=O) groups is 2. The zero-order valence-corrected chi connectivity index (χ0v) is 14.3. The Morgan fingerprint density at radius 2 is 1.91 bits per heavy atom. The molecule has 0 aromatic heterocycles. The molecule has 122 valence electrons. The Labute approximate surface area is 141 Å². The van der Waals surface area contributed by atoms with Gasteiger partial charge in [0.05, 0.1) is 10.6 Å². The minimum Gasteiger partial charge on any atom is -0.345 e. The summed E-state index contributed by atoms with van der Waals surface area (Å²) in [6.07, 6.45) is 1.67. The number of anilines is 1. The molecule has 0 atom stereocenters. The van der Waals surface area contributed by atoms with E-state index < -0.39 is 0 Å². The van der Waals surface area contributed by atoms with Crippen LogP contribution in [0.15, 0.2) is 18.2 Å². The van der Waals surface area contributed by atoms with E-state index in [1.807, 2.05) is 0 Å². The highest BCUT2D eigenvalue weighted by molar-refractivity contribution is 6.34. The quantitative estimate of drug-likeness (QED) is 0.884. The van der Waals surface area contributed by atoms with Crippen molar-refractivity contribution in [1.29, 1.82) is 0 Å². The first-order valence-electron chi connectivity index (χ1n) is 7.02. The number of halogens is 2. The van der Waals surface area contributed by atoms with Crippen molar-refractivity contribution in [2.75, 3.05) is 32.5 Å². The third-order valence-corrected chi connectivity index (χ3v) is 3.91. The largest absolute Gasteiger partial charge is 0.345 e. The molecule has 22 heavy (non-hydrogen) atoms. The average molecular weight is 346 g/mol. The fourth-order valence-electron chi connectivity index (χ4n) is 2.34. The van der Waals surface area contributed by atoms with Gasteiger partial charge in [-0.15, -0.1) is 12.4 Å². The lowest BCUT2D eigenvalue weighted by Gasteiger charge is -2.22. The summed E-state index contributed by atoms with van der Waals surface area (Å²) in [4.78, 5) is 25.7. The van der Waals surface area contributed by atoms with Gasteiger partial charge in [0.2, 0.25) is 5.91 Å². The molecule has 2 N–H and O–H groups in total. The highest BCUT2D eigenvalue weighted by Gasteiger charge is 2.21. The van der Waals surface area contributed by atoms with Gasteiger partial charge in [-0.25, -0.2) is 0 Å². The van der Waals surface area contributed by atoms with E-state index in [2.05, 4.69) is 10.6 Å². The van der Waals surface area contributed by atoms with Crippen LogP contribution in [0.1, 0.15) is 23.2 Å². The molecule has 7 heteroatoms. The van der Waals surface area contributed by atoms with Crippen LogP contribution in [0.25, 0.3) is 0 Å². The number of amides is 2. The summed E-state index contributed by atoms with van der Waals surface area (Å²) in [6, 6.07) is 4.98. The predicted molar refractivity (Wildman–Crippen MR) is 90.9 cm³/mol. The van der Waals surface area contributed by atoms with E-state index in [-0.39, 0.29) is 30.1 Å². The van der Waals surface area contributed by atoms with Crippen LogP contribution in [0.3, 0.4) is 0 Å². The molecule has 0 aliphatic carbocycles. The monoisotopic (exact) mass is 345 g/mol. The summed E-state index contributed by atoms with van der Waals surface area (Å²) in [5, 5.41) is 6.49. The molecule has 1 aliphatic rings. The number of carbonyl (C=O) groups excluding carboxylic acids is 2. The van der Waals surface area contributed by atoms with Crippen LogP contribution in [0.2, 0.25) is 5.02 Å². The van der Waals surface area contributed by atoms with Crippen molar-refractivity contribution in [2.45, 2.75) is 12.8 Å². The summed E-state index contributed by atoms with van der Waals surface area (Å²) in [7, 11) is 3.33. The van der Waals surface area contributed by atoms with Gasteiger partial charge >= 0.3 is 0 Å². The van der Waals surface area contributed by atoms with Gasteiger partial charge in [-0.3, -0.25) is 9.59 Å². The maximum Gasteiger partial charge on any atom is 0.254 e. The molecule has 1 aromatic rings. The molecule has 0 radical (unpaired) electrons. The van der Waals surface area contributed by atoms with Crippen molar-refractivity contribution < 1.29 is 9.59 Å². The number of benzene rings is 1. The van der Waals surface area contributed by atoms with Crippen LogP contribution in [0.4, 0.5) is 5.69 Å². The van der Waals surface area contributed by atoms with Crippen LogP contribution in [0, 0.1) is 5.92 Å². The summed E-state index contributed by atoms with van der Waals surface area (Å²) in [5.74, 6) is -0.157. The third-order valence-electron chi connectivity index (χ3n) is 3.58. The van der Waals surface area contributed by atoms with Gasteiger partial charge in [-0.1, -0.05) is 11.6 Å². The first-order chi connectivity index (χ1) is 9.99. The third kappa shape index (κ3) is 4.60. The number of nitrogens with zero attached hydrogens (tertiary/aromatic N) is 1. The van der Waals surface area contributed by atoms with Gasteiger partial charge in [-0.2, -0.15) is 0 Å². The maximum absolute atomic E-state index is 12.2. The second-order valence-corrected chi connectivity index (χ2v) is 5.81. The summed E-state index contributed by atoms with van der Waals surface area (Å²) in [5.41, 5.74) is 0.998. The highest BCUT2D eigenvalue weighted by atomic mass is 35.5. The number of hydrogen-bond acceptors (Lipinski definition) is 3. The molecule has 0 spiro atoms. The van der Waals surface area contributed by atoms with Gasteiger partial charge in [0.15, 0.2) is 0 Å². The smallest absolute Gasteiger partial charge is 0.254 e. The molecular formula is C15H21Cl2N3O2. The number of rotatable bonds is 3. The van der Waals surface area contributed by atoms with Crippen molar-refractivity contribution in [1.82, 2.24) is 10.2 Å². The predicted octanol–water partition coefficient (Wildman–Crippen LogP) is 2.40. The molecule has 1 fully saturated rings. The van der Waals surface area contributed by atoms with Crippen LogP contribution in [-0.2, 0) is 4.79 Å². The van der Waals surface area contributed by atoms with E-state index in [1.54, 1.807) is 32.3 Å². The Hall–Kier alpha value is -1.30. The Kier molecular flexibility index (Phi) is 7.13. The summed E-state index contributed by atoms with van der Waals surface area (Å²) >= 11 is 6.05. The van der Waals surface area contributed by atoms with Crippen LogP contribution < -0.4 is 10.6 Å². The molecule has 2 rings (SSSR count). The fraction of sp³-hybridized carbons (Fsp3) is 0.467. The molecule has 1 saturated heterocycles. The fourth-order valence-corrected chi connectivity index (χ4v) is 2.53. The molecule has 5 nitrogen and oxygen atoms in total. The van der Waals surface area contributed by atoms with Crippen LogP contribution >= 0.6 is 24.0 Å². The Bertz CT molecular complexity index is 544. The minimum absolute atomic E-state index is 0. The zero-order chi connectivity index (χ0) is 15.4. The first kappa shape index (κ1) is 18.7. The SMILES string of the molecule is CN(C)C(=O)c1cc(NC(=O)C2CCNCC2)ccc1Cl.Cl. The Morgan fingerprint density at radius 1 is 1.27 bits per heavy atom. The van der Waals surface area contributed by atoms with Gasteiger partial charge < -0.3 is 15.5 Å². The molecule has 0 saturated carbocycles. The topological polar surface area (TPSA) is 61.4 Å². The van der Waals surface area contributed by atoms with E-state index >= 15 is 0 Å². The van der Waals surface area contributed by atoms with Crippen molar-refractivity contribution in [3.8, 4) is 0 Å². The molecule has 1 aliphatic heterocycles. The minimum atomic E-state index is -0.182. The number of piperidine rings is 1.